The summed E-state index contributed by atoms with van der Waals surface area (Å²) in [7, 11) is 3.07. The van der Waals surface area contributed by atoms with E-state index < -0.39 is 11.8 Å². The number of pyridine rings is 1. The minimum atomic E-state index is -0.465. The molecule has 0 spiro atoms. The van der Waals surface area contributed by atoms with Crippen molar-refractivity contribution in [2.24, 2.45) is 0 Å². The van der Waals surface area contributed by atoms with Gasteiger partial charge in [-0.1, -0.05) is 19.4 Å². The number of amides is 1. The summed E-state index contributed by atoms with van der Waals surface area (Å²) in [4.78, 5) is 27.2. The number of aryl methyl sites for hydroxylation is 2. The van der Waals surface area contributed by atoms with E-state index in [0.717, 1.165) is 37.1 Å². The SMILES string of the molecule is CCCCc1nc(O)c(C(=O)N2CCC(c3[nH]cnc3C)CC2)c(O)c1-c1c(OC)cccc1OC. The van der Waals surface area contributed by atoms with E-state index in [-0.39, 0.29) is 17.2 Å². The Morgan fingerprint density at radius 2 is 1.81 bits per heavy atom. The van der Waals surface area contributed by atoms with Gasteiger partial charge >= 0.3 is 0 Å². The highest BCUT2D eigenvalue weighted by atomic mass is 16.5. The van der Waals surface area contributed by atoms with Gasteiger partial charge in [0.25, 0.3) is 5.91 Å². The van der Waals surface area contributed by atoms with E-state index in [2.05, 4.69) is 21.9 Å². The lowest BCUT2D eigenvalue weighted by atomic mass is 9.91. The number of likely N-dealkylation sites (tertiary alicyclic amines) is 1. The molecule has 0 saturated carbocycles. The predicted molar refractivity (Wildman–Crippen MR) is 136 cm³/mol. The second kappa shape index (κ2) is 10.9. The van der Waals surface area contributed by atoms with Crippen LogP contribution in [0.25, 0.3) is 11.1 Å². The van der Waals surface area contributed by atoms with Crippen LogP contribution in [-0.4, -0.2) is 63.3 Å². The normalized spacial score (nSPS) is 14.2. The number of methoxy groups -OCH3 is 2. The summed E-state index contributed by atoms with van der Waals surface area (Å²) in [5.41, 5.74) is 3.20. The van der Waals surface area contributed by atoms with Gasteiger partial charge in [-0.2, -0.15) is 0 Å². The van der Waals surface area contributed by atoms with Crippen molar-refractivity contribution in [1.82, 2.24) is 19.9 Å². The first-order valence-corrected chi connectivity index (χ1v) is 12.4. The van der Waals surface area contributed by atoms with E-state index in [1.165, 1.54) is 14.2 Å². The molecule has 3 N–H and O–H groups in total. The molecule has 0 unspecified atom stereocenters. The van der Waals surface area contributed by atoms with Crippen molar-refractivity contribution >= 4 is 5.91 Å². The van der Waals surface area contributed by atoms with Crippen molar-refractivity contribution in [2.45, 2.75) is 51.9 Å². The molecule has 1 aliphatic heterocycles. The van der Waals surface area contributed by atoms with Crippen LogP contribution in [0.1, 0.15) is 66.0 Å². The zero-order chi connectivity index (χ0) is 25.8. The van der Waals surface area contributed by atoms with Crippen LogP contribution < -0.4 is 9.47 Å². The van der Waals surface area contributed by atoms with Gasteiger partial charge in [0, 0.05) is 24.7 Å². The number of hydrogen-bond donors (Lipinski definition) is 3. The average Bonchev–Trinajstić information content (AvgIpc) is 3.32. The van der Waals surface area contributed by atoms with Gasteiger partial charge in [0.15, 0.2) is 0 Å². The summed E-state index contributed by atoms with van der Waals surface area (Å²) < 4.78 is 11.2. The molecule has 1 saturated heterocycles. The minimum Gasteiger partial charge on any atom is -0.506 e. The lowest BCUT2D eigenvalue weighted by Crippen LogP contribution is -2.38. The predicted octanol–water partition coefficient (Wildman–Crippen LogP) is 4.57. The molecule has 3 aromatic rings. The third-order valence-corrected chi connectivity index (χ3v) is 6.94. The number of aromatic amines is 1. The quantitative estimate of drug-likeness (QED) is 0.419. The summed E-state index contributed by atoms with van der Waals surface area (Å²) in [6.07, 6.45) is 5.41. The second-order valence-electron chi connectivity index (χ2n) is 9.09. The first kappa shape index (κ1) is 25.3. The van der Waals surface area contributed by atoms with Crippen LogP contribution in [0.4, 0.5) is 0 Å². The van der Waals surface area contributed by atoms with Crippen LogP contribution in [0.5, 0.6) is 23.1 Å². The maximum absolute atomic E-state index is 13.6. The molecule has 0 atom stereocenters. The molecule has 9 nitrogen and oxygen atoms in total. The molecule has 1 aliphatic rings. The molecule has 1 fully saturated rings. The monoisotopic (exact) mass is 494 g/mol. The molecule has 1 aromatic carbocycles. The smallest absolute Gasteiger partial charge is 0.263 e. The number of nitrogens with one attached hydrogen (secondary N) is 1. The first-order valence-electron chi connectivity index (χ1n) is 12.4. The van der Waals surface area contributed by atoms with E-state index in [1.54, 1.807) is 29.4 Å². The Labute approximate surface area is 211 Å². The molecule has 4 rings (SSSR count). The van der Waals surface area contributed by atoms with E-state index in [9.17, 15) is 15.0 Å². The molecule has 0 aliphatic carbocycles. The van der Waals surface area contributed by atoms with E-state index in [4.69, 9.17) is 9.47 Å². The van der Waals surface area contributed by atoms with Crippen LogP contribution in [-0.2, 0) is 6.42 Å². The Kier molecular flexibility index (Phi) is 7.67. The Morgan fingerprint density at radius 1 is 1.14 bits per heavy atom. The van der Waals surface area contributed by atoms with Crippen LogP contribution in [0.3, 0.4) is 0 Å². The number of ether oxygens (including phenoxy) is 2. The molecule has 36 heavy (non-hydrogen) atoms. The number of hydrogen-bond acceptors (Lipinski definition) is 7. The fraction of sp³-hybridized carbons (Fsp3) is 0.444. The average molecular weight is 495 g/mol. The summed E-state index contributed by atoms with van der Waals surface area (Å²) >= 11 is 0. The van der Waals surface area contributed by atoms with Gasteiger partial charge in [0.1, 0.15) is 22.8 Å². The third kappa shape index (κ3) is 4.69. The largest absolute Gasteiger partial charge is 0.506 e. The minimum absolute atomic E-state index is 0.200. The summed E-state index contributed by atoms with van der Waals surface area (Å²) in [5, 5.41) is 22.4. The number of carbonyl (C=O) groups excluding carboxylic acids is 1. The van der Waals surface area contributed by atoms with Crippen LogP contribution in [0.2, 0.25) is 0 Å². The Balaban J connectivity index is 1.74. The Hall–Kier alpha value is -3.75. The van der Waals surface area contributed by atoms with Crippen LogP contribution in [0.15, 0.2) is 24.5 Å². The highest BCUT2D eigenvalue weighted by Crippen LogP contribution is 2.47. The lowest BCUT2D eigenvalue weighted by Gasteiger charge is -2.32. The molecule has 192 valence electrons. The van der Waals surface area contributed by atoms with Crippen LogP contribution >= 0.6 is 0 Å². The highest BCUT2D eigenvalue weighted by Gasteiger charge is 2.33. The molecule has 0 bridgehead atoms. The van der Waals surface area contributed by atoms with Gasteiger partial charge in [0.05, 0.1) is 43.1 Å². The van der Waals surface area contributed by atoms with Crippen molar-refractivity contribution in [1.29, 1.82) is 0 Å². The topological polar surface area (TPSA) is 121 Å². The molecule has 9 heteroatoms. The molecular weight excluding hydrogens is 460 g/mol. The highest BCUT2D eigenvalue weighted by molar-refractivity contribution is 6.02. The van der Waals surface area contributed by atoms with Gasteiger partial charge in [-0.3, -0.25) is 4.79 Å². The summed E-state index contributed by atoms with van der Waals surface area (Å²) in [6, 6.07) is 5.31. The summed E-state index contributed by atoms with van der Waals surface area (Å²) in [6.45, 7) is 5.01. The molecular formula is C27H34N4O5. The third-order valence-electron chi connectivity index (χ3n) is 6.94. The van der Waals surface area contributed by atoms with Gasteiger partial charge in [-0.15, -0.1) is 0 Å². The fourth-order valence-electron chi connectivity index (χ4n) is 5.00. The second-order valence-corrected chi connectivity index (χ2v) is 9.09. The molecule has 2 aromatic heterocycles. The van der Waals surface area contributed by atoms with Crippen molar-refractivity contribution in [3.8, 4) is 34.3 Å². The Morgan fingerprint density at radius 3 is 2.36 bits per heavy atom. The number of piperidine rings is 1. The standard InChI is InChI=1S/C27H34N4O5/c1-5-6-8-18-21(22-19(35-3)9-7-10-20(22)36-4)25(32)23(26(33)30-18)27(34)31-13-11-17(12-14-31)24-16(2)28-15-29-24/h7,9-10,15,17H,5-6,8,11-14H2,1-4H3,(H,28,29)(H2,30,32,33). The maximum atomic E-state index is 13.6. The number of carbonyl (C=O) groups is 1. The maximum Gasteiger partial charge on any atom is 0.263 e. The fourth-order valence-corrected chi connectivity index (χ4v) is 5.00. The Bertz CT molecular complexity index is 1210. The number of H-pyrrole nitrogens is 1. The van der Waals surface area contributed by atoms with Crippen molar-refractivity contribution in [3.05, 3.63) is 47.2 Å². The van der Waals surface area contributed by atoms with E-state index >= 15 is 0 Å². The molecule has 0 radical (unpaired) electrons. The lowest BCUT2D eigenvalue weighted by molar-refractivity contribution is 0.0705. The van der Waals surface area contributed by atoms with Crippen molar-refractivity contribution in [2.75, 3.05) is 27.3 Å². The number of imidazole rings is 1. The molecule has 1 amide bonds. The number of aromatic hydroxyl groups is 2. The van der Waals surface area contributed by atoms with Crippen LogP contribution in [0, 0.1) is 6.92 Å². The number of nitrogens with zero attached hydrogens (tertiary/aromatic N) is 3. The van der Waals surface area contributed by atoms with Gasteiger partial charge < -0.3 is 29.6 Å². The number of unbranched alkanes of at least 4 members (excludes halogenated alkanes) is 1. The van der Waals surface area contributed by atoms with Gasteiger partial charge in [0.2, 0.25) is 5.88 Å². The summed E-state index contributed by atoms with van der Waals surface area (Å²) in [5.74, 6) is 0.00452. The number of rotatable bonds is 8. The van der Waals surface area contributed by atoms with Crippen molar-refractivity contribution < 1.29 is 24.5 Å². The zero-order valence-corrected chi connectivity index (χ0v) is 21.3. The number of aromatic nitrogens is 3. The zero-order valence-electron chi connectivity index (χ0n) is 21.3. The molecule has 3 heterocycles. The van der Waals surface area contributed by atoms with E-state index in [1.807, 2.05) is 6.92 Å². The van der Waals surface area contributed by atoms with Gasteiger partial charge in [-0.05, 0) is 44.7 Å². The van der Waals surface area contributed by atoms with Gasteiger partial charge in [-0.25, -0.2) is 9.97 Å². The number of benzene rings is 1. The van der Waals surface area contributed by atoms with E-state index in [0.29, 0.717) is 47.8 Å². The van der Waals surface area contributed by atoms with Crippen molar-refractivity contribution in [3.63, 3.8) is 0 Å². The first-order chi connectivity index (χ1) is 17.4.